The Kier molecular flexibility index (Phi) is 18.5. The van der Waals surface area contributed by atoms with E-state index in [1.54, 1.807) is 0 Å². The van der Waals surface area contributed by atoms with Gasteiger partial charge in [0, 0.05) is 58.6 Å². The van der Waals surface area contributed by atoms with Crippen LogP contribution in [0.4, 0.5) is 26.3 Å². The molecule has 0 heterocycles. The maximum Gasteiger partial charge on any atom is 0.522 e. The minimum atomic E-state index is -5.84. The van der Waals surface area contributed by atoms with Gasteiger partial charge in [-0.2, -0.15) is 43.2 Å². The Morgan fingerprint density at radius 2 is 0.789 bits per heavy atom. The molecular formula is C38H56F6N2O8S2Sn. The SMILES string of the molecule is CC(C)(C)c1cc(C=N[C@H]2CCCC[C@@H]2N=Cc2cc(C(C)(C)C)cc(C(C)(C)C)c2O)c(O)c(C(C)(C)C)c1.O=S(=O)(O)C(F)(F)F.O=S(=O)(O)C(F)(F)F.[Sn]. The van der Waals surface area contributed by atoms with Crippen molar-refractivity contribution in [3.8, 4) is 11.5 Å². The van der Waals surface area contributed by atoms with Crippen molar-refractivity contribution in [2.75, 3.05) is 0 Å². The van der Waals surface area contributed by atoms with Gasteiger partial charge in [0.2, 0.25) is 0 Å². The second-order valence-electron chi connectivity index (χ2n) is 17.7. The summed E-state index contributed by atoms with van der Waals surface area (Å²) in [4.78, 5) is 10.1. The summed E-state index contributed by atoms with van der Waals surface area (Å²) >= 11 is 0. The molecule has 1 aliphatic rings. The van der Waals surface area contributed by atoms with Crippen molar-refractivity contribution < 1.29 is 62.5 Å². The van der Waals surface area contributed by atoms with Crippen molar-refractivity contribution in [2.24, 2.45) is 9.98 Å². The van der Waals surface area contributed by atoms with Crippen LogP contribution in [0.3, 0.4) is 0 Å². The van der Waals surface area contributed by atoms with Gasteiger partial charge in [0.25, 0.3) is 0 Å². The van der Waals surface area contributed by atoms with Crippen LogP contribution >= 0.6 is 0 Å². The van der Waals surface area contributed by atoms with Gasteiger partial charge in [-0.1, -0.05) is 108 Å². The predicted octanol–water partition coefficient (Wildman–Crippen LogP) is 9.54. The first-order chi connectivity index (χ1) is 24.7. The summed E-state index contributed by atoms with van der Waals surface area (Å²) in [6, 6.07) is 8.53. The maximum absolute atomic E-state index is 11.2. The molecule has 4 radical (unpaired) electrons. The Labute approximate surface area is 350 Å². The molecule has 10 nitrogen and oxygen atoms in total. The molecule has 19 heteroatoms. The van der Waals surface area contributed by atoms with Crippen LogP contribution in [-0.2, 0) is 41.9 Å². The minimum Gasteiger partial charge on any atom is -0.507 e. The monoisotopic (exact) mass is 966 g/mol. The number of benzene rings is 2. The molecule has 324 valence electrons. The van der Waals surface area contributed by atoms with Crippen LogP contribution in [0.15, 0.2) is 34.3 Å². The first-order valence-corrected chi connectivity index (χ1v) is 20.5. The van der Waals surface area contributed by atoms with E-state index in [2.05, 4.69) is 107 Å². The topological polar surface area (TPSA) is 174 Å². The van der Waals surface area contributed by atoms with Crippen molar-refractivity contribution in [1.82, 2.24) is 0 Å². The molecule has 0 aromatic heterocycles. The number of alkyl halides is 6. The van der Waals surface area contributed by atoms with Crippen molar-refractivity contribution in [3.05, 3.63) is 57.6 Å². The molecule has 1 saturated carbocycles. The van der Waals surface area contributed by atoms with Gasteiger partial charge in [-0.25, -0.2) is 0 Å². The average molecular weight is 966 g/mol. The van der Waals surface area contributed by atoms with Crippen LogP contribution in [0.2, 0.25) is 0 Å². The molecule has 0 saturated heterocycles. The summed E-state index contributed by atoms with van der Waals surface area (Å²) in [6.07, 6.45) is 7.90. The Balaban J connectivity index is 0.00000154. The third-order valence-corrected chi connectivity index (χ3v) is 9.89. The van der Waals surface area contributed by atoms with E-state index in [9.17, 15) is 36.6 Å². The molecule has 0 bridgehead atoms. The summed E-state index contributed by atoms with van der Waals surface area (Å²) in [7, 11) is -11.7. The van der Waals surface area contributed by atoms with Crippen molar-refractivity contribution in [3.63, 3.8) is 0 Å². The fourth-order valence-electron chi connectivity index (χ4n) is 5.31. The smallest absolute Gasteiger partial charge is 0.507 e. The van der Waals surface area contributed by atoms with Crippen molar-refractivity contribution in [2.45, 2.75) is 154 Å². The summed E-state index contributed by atoms with van der Waals surface area (Å²) in [6.45, 7) is 26.0. The number of nitrogens with zero attached hydrogens (tertiary/aromatic N) is 2. The number of aromatic hydroxyl groups is 2. The zero-order valence-corrected chi connectivity index (χ0v) is 38.8. The molecule has 57 heavy (non-hydrogen) atoms. The van der Waals surface area contributed by atoms with E-state index in [4.69, 9.17) is 35.9 Å². The molecule has 1 fully saturated rings. The van der Waals surface area contributed by atoms with Crippen LogP contribution in [0.25, 0.3) is 0 Å². The molecule has 2 aromatic carbocycles. The quantitative estimate of drug-likeness (QED) is 0.0771. The van der Waals surface area contributed by atoms with Gasteiger partial charge < -0.3 is 10.2 Å². The van der Waals surface area contributed by atoms with Gasteiger partial charge in [0.05, 0.1) is 12.1 Å². The normalized spacial score (nSPS) is 17.7. The van der Waals surface area contributed by atoms with Crippen LogP contribution in [0, 0.1) is 0 Å². The van der Waals surface area contributed by atoms with Gasteiger partial charge in [-0.3, -0.25) is 19.1 Å². The standard InChI is InChI=1S/C36H54N2O2.2CHF3O3S.Sn/c1-33(2,3)25-17-23(31(39)27(19-25)35(7,8)9)21-37-29-15-13-14-16-30(29)38-22-24-18-26(34(4,5)6)20-28(32(24)40)36(10,11)12;2*2-1(3,4)8(5,6)7;/h17-22,29-30,39-40H,13-16H2,1-12H3;2*(H,5,6,7);/t29-,30-;;;/m0.../s1. The summed E-state index contributed by atoms with van der Waals surface area (Å²) in [5.41, 5.74) is -5.67. The zero-order chi connectivity index (χ0) is 44.3. The Morgan fingerprint density at radius 3 is 0.982 bits per heavy atom. The van der Waals surface area contributed by atoms with E-state index in [0.29, 0.717) is 11.5 Å². The van der Waals surface area contributed by atoms with E-state index in [1.165, 1.54) is 11.1 Å². The fraction of sp³-hybridized carbons (Fsp3) is 0.632. The Hall–Kier alpha value is -2.42. The van der Waals surface area contributed by atoms with Gasteiger partial charge in [0.15, 0.2) is 0 Å². The second kappa shape index (κ2) is 19.3. The van der Waals surface area contributed by atoms with E-state index < -0.39 is 31.3 Å². The summed E-state index contributed by atoms with van der Waals surface area (Å²) < 4.78 is 115. The molecule has 3 rings (SSSR count). The number of hydrogen-bond donors (Lipinski definition) is 4. The minimum absolute atomic E-state index is 0. The maximum atomic E-state index is 11.2. The first kappa shape index (κ1) is 54.6. The molecule has 2 aromatic rings. The average Bonchev–Trinajstić information content (AvgIpc) is 2.96. The van der Waals surface area contributed by atoms with Crippen LogP contribution in [-0.4, -0.2) is 95.6 Å². The predicted molar refractivity (Wildman–Crippen MR) is 213 cm³/mol. The number of hydrogen-bond acceptors (Lipinski definition) is 8. The molecule has 4 N–H and O–H groups in total. The largest absolute Gasteiger partial charge is 0.522 e. The van der Waals surface area contributed by atoms with Gasteiger partial charge >= 0.3 is 31.3 Å². The summed E-state index contributed by atoms with van der Waals surface area (Å²) in [5, 5.41) is 22.5. The molecule has 0 spiro atoms. The zero-order valence-electron chi connectivity index (χ0n) is 34.3. The van der Waals surface area contributed by atoms with Crippen molar-refractivity contribution in [1.29, 1.82) is 0 Å². The molecule has 1 aliphatic carbocycles. The second-order valence-corrected chi connectivity index (χ2v) is 20.6. The van der Waals surface area contributed by atoms with Gasteiger partial charge in [0.1, 0.15) is 11.5 Å². The Morgan fingerprint density at radius 1 is 0.544 bits per heavy atom. The number of rotatable bonds is 4. The van der Waals surface area contributed by atoms with E-state index in [1.807, 2.05) is 12.4 Å². The molecule has 0 unspecified atom stereocenters. The van der Waals surface area contributed by atoms with Crippen molar-refractivity contribution >= 4 is 56.6 Å². The number of aliphatic imine (C=N–C) groups is 2. The number of phenolic OH excluding ortho intramolecular Hbond substituents is 2. The molecule has 2 atom stereocenters. The number of phenols is 2. The van der Waals surface area contributed by atoms with Gasteiger partial charge in [-0.15, -0.1) is 0 Å². The fourth-order valence-corrected chi connectivity index (χ4v) is 5.31. The van der Waals surface area contributed by atoms with Crippen LogP contribution < -0.4 is 0 Å². The first-order valence-electron chi connectivity index (χ1n) is 17.6. The molecule has 0 aliphatic heterocycles. The number of halogens is 6. The van der Waals surface area contributed by atoms with Crippen LogP contribution in [0.5, 0.6) is 11.5 Å². The van der Waals surface area contributed by atoms with Gasteiger partial charge in [-0.05, 0) is 57.8 Å². The van der Waals surface area contributed by atoms with E-state index in [-0.39, 0.29) is 57.7 Å². The molecule has 0 amide bonds. The Bertz CT molecular complexity index is 1810. The molecular weight excluding hydrogens is 909 g/mol. The van der Waals surface area contributed by atoms with Crippen LogP contribution in [0.1, 0.15) is 142 Å². The van der Waals surface area contributed by atoms with E-state index >= 15 is 0 Å². The third-order valence-electron chi connectivity index (χ3n) is 8.72. The third kappa shape index (κ3) is 16.6. The van der Waals surface area contributed by atoms with E-state index in [0.717, 1.165) is 47.9 Å². The summed E-state index contributed by atoms with van der Waals surface area (Å²) in [5.74, 6) is 0.637.